The summed E-state index contributed by atoms with van der Waals surface area (Å²) in [5.74, 6) is -0.621. The van der Waals surface area contributed by atoms with Gasteiger partial charge in [-0.25, -0.2) is 4.79 Å². The van der Waals surface area contributed by atoms with E-state index in [0.29, 0.717) is 5.56 Å². The minimum Gasteiger partial charge on any atom is -0.501 e. The molecule has 1 rings (SSSR count). The Hall–Kier alpha value is -2.20. The van der Waals surface area contributed by atoms with Gasteiger partial charge in [0.15, 0.2) is 0 Å². The molecule has 0 fully saturated rings. The summed E-state index contributed by atoms with van der Waals surface area (Å²) in [5, 5.41) is 19.7. The highest BCUT2D eigenvalue weighted by Crippen LogP contribution is 2.36. The third-order valence-electron chi connectivity index (χ3n) is 1.58. The van der Waals surface area contributed by atoms with E-state index in [2.05, 4.69) is 4.99 Å². The van der Waals surface area contributed by atoms with Gasteiger partial charge in [-0.05, 0) is 18.6 Å². The van der Waals surface area contributed by atoms with E-state index in [1.165, 1.54) is 18.2 Å². The van der Waals surface area contributed by atoms with Gasteiger partial charge in [0, 0.05) is 6.07 Å². The van der Waals surface area contributed by atoms with Crippen LogP contribution >= 0.6 is 0 Å². The molecule has 72 valence electrons. The van der Waals surface area contributed by atoms with Crippen LogP contribution in [0.3, 0.4) is 0 Å². The first kappa shape index (κ1) is 9.88. The van der Waals surface area contributed by atoms with Gasteiger partial charge in [-0.1, -0.05) is 0 Å². The van der Waals surface area contributed by atoms with Gasteiger partial charge in [0.2, 0.25) is 11.8 Å². The monoisotopic (exact) mass is 194 g/mol. The van der Waals surface area contributed by atoms with Crippen molar-refractivity contribution in [1.82, 2.24) is 0 Å². The van der Waals surface area contributed by atoms with Crippen LogP contribution in [0, 0.1) is 17.0 Å². The summed E-state index contributed by atoms with van der Waals surface area (Å²) >= 11 is 0. The molecule has 0 aliphatic carbocycles. The predicted octanol–water partition coefficient (Wildman–Crippen LogP) is 1.58. The number of nitro groups is 1. The lowest BCUT2D eigenvalue weighted by Crippen LogP contribution is -1.89. The number of rotatable bonds is 2. The van der Waals surface area contributed by atoms with Crippen molar-refractivity contribution >= 4 is 17.5 Å². The van der Waals surface area contributed by atoms with Crippen LogP contribution in [0.1, 0.15) is 5.56 Å². The van der Waals surface area contributed by atoms with Crippen LogP contribution in [0.4, 0.5) is 11.4 Å². The summed E-state index contributed by atoms with van der Waals surface area (Å²) in [7, 11) is 0. The van der Waals surface area contributed by atoms with Crippen molar-refractivity contribution in [2.24, 2.45) is 4.99 Å². The lowest BCUT2D eigenvalue weighted by atomic mass is 10.2. The number of nitrogens with zero attached hydrogens (tertiary/aromatic N) is 2. The largest absolute Gasteiger partial charge is 0.501 e. The quantitative estimate of drug-likeness (QED) is 0.334. The fourth-order valence-corrected chi connectivity index (χ4v) is 1.01. The minimum absolute atomic E-state index is 0.147. The zero-order valence-corrected chi connectivity index (χ0v) is 7.22. The van der Waals surface area contributed by atoms with Crippen molar-refractivity contribution in [3.63, 3.8) is 0 Å². The lowest BCUT2D eigenvalue weighted by Gasteiger charge is -2.00. The molecule has 0 saturated carbocycles. The van der Waals surface area contributed by atoms with Crippen LogP contribution < -0.4 is 0 Å². The zero-order valence-electron chi connectivity index (χ0n) is 7.22. The number of carbonyl (C=O) groups excluding carboxylic acids is 1. The van der Waals surface area contributed by atoms with Gasteiger partial charge in [-0.15, -0.1) is 0 Å². The van der Waals surface area contributed by atoms with Crippen LogP contribution in [-0.4, -0.2) is 16.1 Å². The molecule has 0 amide bonds. The molecule has 1 aromatic carbocycles. The van der Waals surface area contributed by atoms with Crippen molar-refractivity contribution in [2.45, 2.75) is 6.92 Å². The number of hydrogen-bond donors (Lipinski definition) is 1. The molecule has 0 radical (unpaired) electrons. The Morgan fingerprint density at radius 1 is 1.57 bits per heavy atom. The number of benzene rings is 1. The predicted molar refractivity (Wildman–Crippen MR) is 47.3 cm³/mol. The van der Waals surface area contributed by atoms with Gasteiger partial charge in [0.25, 0.3) is 0 Å². The molecular formula is C8H6N2O4. The van der Waals surface area contributed by atoms with Crippen molar-refractivity contribution in [3.8, 4) is 5.75 Å². The molecular weight excluding hydrogens is 188 g/mol. The van der Waals surface area contributed by atoms with E-state index < -0.39 is 16.4 Å². The third kappa shape index (κ3) is 1.75. The fraction of sp³-hybridized carbons (Fsp3) is 0.125. The Kier molecular flexibility index (Phi) is 2.59. The van der Waals surface area contributed by atoms with E-state index in [-0.39, 0.29) is 5.69 Å². The van der Waals surface area contributed by atoms with E-state index in [1.807, 2.05) is 0 Å². The number of aryl methyl sites for hydroxylation is 1. The highest BCUT2D eigenvalue weighted by molar-refractivity contribution is 5.66. The molecule has 0 aliphatic rings. The van der Waals surface area contributed by atoms with E-state index >= 15 is 0 Å². The topological polar surface area (TPSA) is 92.8 Å². The second-order valence-corrected chi connectivity index (χ2v) is 2.61. The van der Waals surface area contributed by atoms with Gasteiger partial charge in [-0.3, -0.25) is 10.1 Å². The van der Waals surface area contributed by atoms with Gasteiger partial charge < -0.3 is 5.11 Å². The average Bonchev–Trinajstić information content (AvgIpc) is 2.10. The Balaban J connectivity index is 3.46. The highest BCUT2D eigenvalue weighted by atomic mass is 16.6. The maximum absolute atomic E-state index is 10.4. The SMILES string of the molecule is Cc1cc(N=C=O)c(O)c([N+](=O)[O-])c1. The van der Waals surface area contributed by atoms with Crippen molar-refractivity contribution in [1.29, 1.82) is 0 Å². The molecule has 0 spiro atoms. The van der Waals surface area contributed by atoms with Crippen molar-refractivity contribution in [3.05, 3.63) is 27.8 Å². The Morgan fingerprint density at radius 2 is 2.21 bits per heavy atom. The number of phenolic OH excluding ortho intramolecular Hbond substituents is 1. The number of isocyanates is 1. The molecule has 0 bridgehead atoms. The Labute approximate surface area is 78.7 Å². The van der Waals surface area contributed by atoms with Crippen molar-refractivity contribution in [2.75, 3.05) is 0 Å². The maximum Gasteiger partial charge on any atom is 0.313 e. The molecule has 14 heavy (non-hydrogen) atoms. The molecule has 0 heterocycles. The first-order chi connectivity index (χ1) is 6.56. The first-order valence-electron chi connectivity index (χ1n) is 3.62. The summed E-state index contributed by atoms with van der Waals surface area (Å²) in [6, 6.07) is 2.55. The Bertz CT molecular complexity index is 412. The summed E-state index contributed by atoms with van der Waals surface area (Å²) < 4.78 is 0. The normalized spacial score (nSPS) is 9.21. The standard InChI is InChI=1S/C8H6N2O4/c1-5-2-6(9-4-11)8(12)7(3-5)10(13)14/h2-3,12H,1H3. The molecule has 0 aromatic heterocycles. The third-order valence-corrected chi connectivity index (χ3v) is 1.58. The summed E-state index contributed by atoms with van der Waals surface area (Å²) in [4.78, 5) is 22.8. The highest BCUT2D eigenvalue weighted by Gasteiger charge is 2.17. The number of aromatic hydroxyl groups is 1. The average molecular weight is 194 g/mol. The van der Waals surface area contributed by atoms with E-state index in [0.717, 1.165) is 0 Å². The Morgan fingerprint density at radius 3 is 2.71 bits per heavy atom. The van der Waals surface area contributed by atoms with Crippen LogP contribution in [0.15, 0.2) is 17.1 Å². The summed E-state index contributed by atoms with van der Waals surface area (Å²) in [6.45, 7) is 1.59. The van der Waals surface area contributed by atoms with E-state index in [1.54, 1.807) is 6.92 Å². The molecule has 1 N–H and O–H groups in total. The molecule has 0 aliphatic heterocycles. The number of aliphatic imine (C=N–C) groups is 1. The van der Waals surface area contributed by atoms with E-state index in [4.69, 9.17) is 0 Å². The number of nitro benzene ring substituents is 1. The maximum atomic E-state index is 10.4. The molecule has 0 unspecified atom stereocenters. The molecule has 6 nitrogen and oxygen atoms in total. The lowest BCUT2D eigenvalue weighted by molar-refractivity contribution is -0.385. The smallest absolute Gasteiger partial charge is 0.313 e. The second-order valence-electron chi connectivity index (χ2n) is 2.61. The van der Waals surface area contributed by atoms with Crippen LogP contribution in [0.2, 0.25) is 0 Å². The molecule has 0 saturated heterocycles. The van der Waals surface area contributed by atoms with Crippen LogP contribution in [0.5, 0.6) is 5.75 Å². The minimum atomic E-state index is -0.744. The number of phenols is 1. The molecule has 0 atom stereocenters. The van der Waals surface area contributed by atoms with Gasteiger partial charge in [0.1, 0.15) is 5.69 Å². The molecule has 1 aromatic rings. The first-order valence-corrected chi connectivity index (χ1v) is 3.62. The number of hydrogen-bond acceptors (Lipinski definition) is 5. The zero-order chi connectivity index (χ0) is 10.7. The molecule has 6 heteroatoms. The van der Waals surface area contributed by atoms with Gasteiger partial charge in [-0.2, -0.15) is 4.99 Å². The van der Waals surface area contributed by atoms with Crippen LogP contribution in [-0.2, 0) is 4.79 Å². The van der Waals surface area contributed by atoms with Crippen molar-refractivity contribution < 1.29 is 14.8 Å². The summed E-state index contributed by atoms with van der Waals surface area (Å²) in [6.07, 6.45) is 1.21. The fourth-order valence-electron chi connectivity index (χ4n) is 1.01. The summed E-state index contributed by atoms with van der Waals surface area (Å²) in [5.41, 5.74) is -0.0887. The van der Waals surface area contributed by atoms with Gasteiger partial charge in [0.05, 0.1) is 4.92 Å². The van der Waals surface area contributed by atoms with Crippen LogP contribution in [0.25, 0.3) is 0 Å². The van der Waals surface area contributed by atoms with E-state index in [9.17, 15) is 20.0 Å². The second kappa shape index (κ2) is 3.68. The van der Waals surface area contributed by atoms with Gasteiger partial charge >= 0.3 is 5.69 Å².